The maximum Gasteiger partial charge on any atom is 0.190 e. The topological polar surface area (TPSA) is 105 Å². The number of ether oxygens (including phenoxy) is 5. The number of aromatic nitrogens is 3. The normalized spacial score (nSPS) is 27.5. The number of rotatable bonds is 10. The Labute approximate surface area is 246 Å². The molecule has 0 saturated carbocycles. The van der Waals surface area contributed by atoms with Crippen molar-refractivity contribution in [1.29, 1.82) is 0 Å². The molecule has 3 fully saturated rings. The molecule has 0 bridgehead atoms. The van der Waals surface area contributed by atoms with Crippen LogP contribution >= 0.6 is 0 Å². The molecule has 3 aliphatic rings. The smallest absolute Gasteiger partial charge is 0.190 e. The van der Waals surface area contributed by atoms with Gasteiger partial charge in [-0.2, -0.15) is 0 Å². The minimum Gasteiger partial charge on any atom is -0.342 e. The van der Waals surface area contributed by atoms with Gasteiger partial charge < -0.3 is 23.7 Å². The van der Waals surface area contributed by atoms with Gasteiger partial charge in [0.05, 0.1) is 17.1 Å². The Balaban J connectivity index is 1.08. The van der Waals surface area contributed by atoms with E-state index in [0.717, 1.165) is 22.6 Å². The van der Waals surface area contributed by atoms with Crippen molar-refractivity contribution in [3.63, 3.8) is 0 Å². The second-order valence-corrected chi connectivity index (χ2v) is 12.0. The molecule has 6 rings (SSSR count). The molecule has 2 unspecified atom stereocenters. The fraction of sp³-hybridized carbons (Fsp3) is 0.500. The molecule has 5 atom stereocenters. The number of hydrogen-bond acceptors (Lipinski definition) is 10. The highest BCUT2D eigenvalue weighted by molar-refractivity contribution is 5.84. The lowest BCUT2D eigenvalue weighted by Crippen LogP contribution is -2.57. The Morgan fingerprint density at radius 3 is 1.93 bits per heavy atom. The highest BCUT2D eigenvalue weighted by atomic mass is 16.9. The van der Waals surface area contributed by atoms with Gasteiger partial charge in [0, 0.05) is 44.6 Å². The first-order chi connectivity index (χ1) is 20.1. The number of hydrogen-bond donors (Lipinski definition) is 0. The minimum atomic E-state index is -0.844. The Kier molecular flexibility index (Phi) is 8.19. The summed E-state index contributed by atoms with van der Waals surface area (Å²) >= 11 is 0. The zero-order chi connectivity index (χ0) is 29.3. The molecule has 0 amide bonds. The van der Waals surface area contributed by atoms with Crippen LogP contribution in [-0.2, 0) is 54.5 Å². The van der Waals surface area contributed by atoms with E-state index in [2.05, 4.69) is 14.9 Å². The maximum absolute atomic E-state index is 13.4. The second-order valence-electron chi connectivity index (χ2n) is 12.0. The van der Waals surface area contributed by atoms with Gasteiger partial charge in [0.2, 0.25) is 0 Å². The van der Waals surface area contributed by atoms with E-state index in [0.29, 0.717) is 26.1 Å². The Morgan fingerprint density at radius 1 is 0.738 bits per heavy atom. The molecule has 6 heterocycles. The number of fused-ring (bicyclic) bond motifs is 3. The molecule has 42 heavy (non-hydrogen) atoms. The second kappa shape index (κ2) is 11.9. The van der Waals surface area contributed by atoms with Gasteiger partial charge in [0.25, 0.3) is 0 Å². The van der Waals surface area contributed by atoms with Crippen LogP contribution in [0.4, 0.5) is 0 Å². The largest absolute Gasteiger partial charge is 0.342 e. The highest BCUT2D eigenvalue weighted by Crippen LogP contribution is 2.44. The zero-order valence-electron chi connectivity index (χ0n) is 24.5. The Bertz CT molecular complexity index is 1310. The summed E-state index contributed by atoms with van der Waals surface area (Å²) in [7, 11) is 0. The molecule has 10 heteroatoms. The fourth-order valence-electron chi connectivity index (χ4n) is 5.82. The zero-order valence-corrected chi connectivity index (χ0v) is 24.5. The molecular weight excluding hydrogens is 536 g/mol. The van der Waals surface area contributed by atoms with E-state index in [1.54, 1.807) is 0 Å². The predicted molar refractivity (Wildman–Crippen MR) is 152 cm³/mol. The molecule has 222 valence electrons. The summed E-state index contributed by atoms with van der Waals surface area (Å²) in [6.45, 7) is 9.32. The van der Waals surface area contributed by atoms with Crippen LogP contribution in [0.1, 0.15) is 56.8 Å². The third kappa shape index (κ3) is 6.75. The fourth-order valence-corrected chi connectivity index (χ4v) is 5.82. The molecule has 3 aromatic rings. The first-order valence-corrected chi connectivity index (χ1v) is 14.5. The van der Waals surface area contributed by atoms with E-state index in [9.17, 15) is 4.79 Å². The monoisotopic (exact) mass is 574 g/mol. The van der Waals surface area contributed by atoms with Crippen molar-refractivity contribution >= 4 is 5.78 Å². The summed E-state index contributed by atoms with van der Waals surface area (Å²) in [4.78, 5) is 29.4. The first kappa shape index (κ1) is 29.0. The molecule has 0 aromatic carbocycles. The van der Waals surface area contributed by atoms with E-state index in [1.807, 2.05) is 94.8 Å². The molecule has 0 radical (unpaired) electrons. The minimum absolute atomic E-state index is 0.0565. The Morgan fingerprint density at radius 2 is 1.33 bits per heavy atom. The van der Waals surface area contributed by atoms with Crippen molar-refractivity contribution in [2.75, 3.05) is 0 Å². The van der Waals surface area contributed by atoms with Gasteiger partial charge >= 0.3 is 0 Å². The lowest BCUT2D eigenvalue weighted by Gasteiger charge is -2.36. The molecular formula is C32H38N4O6. The van der Waals surface area contributed by atoms with Crippen molar-refractivity contribution < 1.29 is 28.5 Å². The van der Waals surface area contributed by atoms with Crippen molar-refractivity contribution in [1.82, 2.24) is 19.9 Å². The predicted octanol–water partition coefficient (Wildman–Crippen LogP) is 3.97. The number of aryl methyl sites for hydroxylation is 1. The highest BCUT2D eigenvalue weighted by Gasteiger charge is 2.61. The van der Waals surface area contributed by atoms with Crippen LogP contribution in [0.2, 0.25) is 0 Å². The standard InChI is InChI=1S/C32H38N4O6/c1-31(2)39-27-26(38-30-29(28(27)40-31)41-32(3,4)42-30)25(37)14-12-21-11-13-24(35-17-21)20-36(18-22-9-5-7-15-33-22)19-23-10-6-8-16-34-23/h5-11,13,15-17,26-30H,12,14,18-20H2,1-4H3/t26?,27-,28-,29+,30?/m0/s1. The number of carbonyl (C=O) groups is 1. The number of nitrogens with zero attached hydrogens (tertiary/aromatic N) is 4. The summed E-state index contributed by atoms with van der Waals surface area (Å²) in [5.74, 6) is -1.73. The molecule has 0 spiro atoms. The van der Waals surface area contributed by atoms with Crippen LogP contribution < -0.4 is 0 Å². The third-order valence-electron chi connectivity index (χ3n) is 7.63. The average molecular weight is 575 g/mol. The van der Waals surface area contributed by atoms with E-state index in [1.165, 1.54) is 0 Å². The van der Waals surface area contributed by atoms with Crippen molar-refractivity contribution in [2.45, 2.75) is 102 Å². The molecule has 3 aromatic heterocycles. The maximum atomic E-state index is 13.4. The van der Waals surface area contributed by atoms with Gasteiger partial charge in [-0.15, -0.1) is 0 Å². The third-order valence-corrected chi connectivity index (χ3v) is 7.63. The van der Waals surface area contributed by atoms with E-state index in [4.69, 9.17) is 28.7 Å². The number of carbonyl (C=O) groups excluding carboxylic acids is 1. The molecule has 3 aliphatic heterocycles. The molecule has 3 saturated heterocycles. The van der Waals surface area contributed by atoms with E-state index < -0.39 is 42.3 Å². The van der Waals surface area contributed by atoms with Gasteiger partial charge in [-0.05, 0) is 70.0 Å². The number of ketones is 1. The first-order valence-electron chi connectivity index (χ1n) is 14.5. The quantitative estimate of drug-likeness (QED) is 0.353. The van der Waals surface area contributed by atoms with Gasteiger partial charge in [-0.25, -0.2) is 0 Å². The molecule has 0 N–H and O–H groups in total. The molecule has 10 nitrogen and oxygen atoms in total. The van der Waals surface area contributed by atoms with Crippen LogP contribution in [-0.4, -0.2) is 67.9 Å². The summed E-state index contributed by atoms with van der Waals surface area (Å²) in [5.41, 5.74) is 3.88. The van der Waals surface area contributed by atoms with Gasteiger partial charge in [-0.1, -0.05) is 18.2 Å². The summed E-state index contributed by atoms with van der Waals surface area (Å²) in [6.07, 6.45) is 3.33. The van der Waals surface area contributed by atoms with E-state index >= 15 is 0 Å². The summed E-state index contributed by atoms with van der Waals surface area (Å²) in [5, 5.41) is 0. The average Bonchev–Trinajstić information content (AvgIpc) is 3.46. The van der Waals surface area contributed by atoms with Gasteiger partial charge in [0.15, 0.2) is 23.6 Å². The van der Waals surface area contributed by atoms with Gasteiger partial charge in [0.1, 0.15) is 24.4 Å². The number of Topliss-reactive ketones (excluding diaryl/α,β-unsaturated/α-hetero) is 1. The SMILES string of the molecule is CC1(C)OC2OC(C(=O)CCc3ccc(CN(Cc4ccccn4)Cc4ccccn4)nc3)[C@@H]3OC(C)(C)O[C@@H]3[C@H]2O1. The van der Waals surface area contributed by atoms with Crippen molar-refractivity contribution in [3.8, 4) is 0 Å². The number of pyridine rings is 3. The van der Waals surface area contributed by atoms with Gasteiger partial charge in [-0.3, -0.25) is 24.6 Å². The lowest BCUT2D eigenvalue weighted by molar-refractivity contribution is -0.230. The lowest BCUT2D eigenvalue weighted by atomic mass is 9.94. The van der Waals surface area contributed by atoms with Crippen LogP contribution in [0.5, 0.6) is 0 Å². The summed E-state index contributed by atoms with van der Waals surface area (Å²) in [6, 6.07) is 15.9. The van der Waals surface area contributed by atoms with E-state index in [-0.39, 0.29) is 12.2 Å². The molecule has 0 aliphatic carbocycles. The van der Waals surface area contributed by atoms with Crippen molar-refractivity contribution in [3.05, 3.63) is 89.8 Å². The Hall–Kier alpha value is -3.12. The van der Waals surface area contributed by atoms with Crippen LogP contribution in [0, 0.1) is 0 Å². The van der Waals surface area contributed by atoms with Crippen LogP contribution in [0.15, 0.2) is 67.1 Å². The van der Waals surface area contributed by atoms with Crippen LogP contribution in [0.25, 0.3) is 0 Å². The summed E-state index contributed by atoms with van der Waals surface area (Å²) < 4.78 is 30.4. The van der Waals surface area contributed by atoms with Crippen molar-refractivity contribution in [2.24, 2.45) is 0 Å². The van der Waals surface area contributed by atoms with Crippen LogP contribution in [0.3, 0.4) is 0 Å².